The van der Waals surface area contributed by atoms with Crippen molar-refractivity contribution in [2.75, 3.05) is 9.80 Å². The Morgan fingerprint density at radius 3 is 1.24 bits per heavy atom. The molecule has 11 aromatic carbocycles. The zero-order chi connectivity index (χ0) is 53.5. The number of benzene rings is 11. The van der Waals surface area contributed by atoms with Crippen molar-refractivity contribution in [1.82, 2.24) is 4.57 Å². The molecule has 0 saturated heterocycles. The van der Waals surface area contributed by atoms with E-state index < -0.39 is 0 Å². The van der Waals surface area contributed by atoms with Crippen LogP contribution in [0.5, 0.6) is 0 Å². The van der Waals surface area contributed by atoms with E-state index >= 15 is 0 Å². The smallest absolute Gasteiger partial charge is 0.252 e. The molecule has 4 heteroatoms. The van der Waals surface area contributed by atoms with E-state index in [1.54, 1.807) is 0 Å². The molecular formula is C76H62BN3. The van der Waals surface area contributed by atoms with Crippen molar-refractivity contribution < 1.29 is 0 Å². The molecule has 80 heavy (non-hydrogen) atoms. The Balaban J connectivity index is 1.12. The first kappa shape index (κ1) is 48.0. The summed E-state index contributed by atoms with van der Waals surface area (Å²) in [5.74, 6) is 0.413. The Morgan fingerprint density at radius 1 is 0.375 bits per heavy atom. The van der Waals surface area contributed by atoms with E-state index in [0.717, 1.165) is 5.69 Å². The zero-order valence-corrected chi connectivity index (χ0v) is 45.8. The van der Waals surface area contributed by atoms with Gasteiger partial charge in [-0.3, -0.25) is 0 Å². The number of anilines is 6. The van der Waals surface area contributed by atoms with Crippen LogP contribution in [0.4, 0.5) is 34.1 Å². The molecule has 1 aromatic heterocycles. The molecule has 3 aliphatic rings. The maximum absolute atomic E-state index is 2.73. The molecule has 1 fully saturated rings. The van der Waals surface area contributed by atoms with Crippen LogP contribution in [0, 0.1) is 0 Å². The molecule has 0 amide bonds. The summed E-state index contributed by atoms with van der Waals surface area (Å²) in [5.41, 5.74) is 27.0. The van der Waals surface area contributed by atoms with Crippen LogP contribution < -0.4 is 26.2 Å². The van der Waals surface area contributed by atoms with Crippen LogP contribution >= 0.6 is 0 Å². The average Bonchev–Trinajstić information content (AvgIpc) is 3.52. The normalized spacial score (nSPS) is 14.1. The summed E-state index contributed by atoms with van der Waals surface area (Å²) >= 11 is 0. The fourth-order valence-corrected chi connectivity index (χ4v) is 13.9. The van der Waals surface area contributed by atoms with Gasteiger partial charge in [-0.15, -0.1) is 0 Å². The van der Waals surface area contributed by atoms with Crippen molar-refractivity contribution in [1.29, 1.82) is 0 Å². The van der Waals surface area contributed by atoms with Crippen LogP contribution in [-0.2, 0) is 5.41 Å². The highest BCUT2D eigenvalue weighted by Crippen LogP contribution is 2.54. The summed E-state index contributed by atoms with van der Waals surface area (Å²) < 4.78 is 2.50. The monoisotopic (exact) mass is 1030 g/mol. The molecule has 15 rings (SSSR count). The van der Waals surface area contributed by atoms with Gasteiger partial charge in [-0.2, -0.15) is 0 Å². The summed E-state index contributed by atoms with van der Waals surface area (Å²) in [4.78, 5) is 5.46. The van der Waals surface area contributed by atoms with E-state index in [2.05, 4.69) is 290 Å². The standard InChI is InChI=1S/C76H62BN3/c1-76(2,3)57-43-45-65-69(49-57)79(74-59(52-27-11-5-12-28-52)37-23-38-60(74)53-29-13-6-14-30-53)71-47-56(51-25-9-4-10-26-51)48-72-73(71)77(65)66-46-44-58(78-67-41-21-19-35-63(67)64-36-20-22-42-68(64)78)50-70(66)80(72)75-61(54-31-15-7-16-32-54)39-24-40-62(75)55-33-17-8-18-34-55/h5-8,11-24,27-51H,4,9-10,25-26H2,1-3H3. The van der Waals surface area contributed by atoms with Crippen molar-refractivity contribution >= 4 is 79.0 Å². The number of nitrogens with zero attached hydrogens (tertiary/aromatic N) is 3. The average molecular weight is 1030 g/mol. The number of fused-ring (bicyclic) bond motifs is 7. The molecule has 2 aliphatic heterocycles. The van der Waals surface area contributed by atoms with Gasteiger partial charge in [0.2, 0.25) is 0 Å². The largest absolute Gasteiger partial charge is 0.310 e. The van der Waals surface area contributed by atoms with Gasteiger partial charge in [-0.1, -0.05) is 252 Å². The summed E-state index contributed by atoms with van der Waals surface area (Å²) in [5, 5.41) is 2.51. The van der Waals surface area contributed by atoms with E-state index in [9.17, 15) is 0 Å². The van der Waals surface area contributed by atoms with Crippen molar-refractivity contribution in [3.63, 3.8) is 0 Å². The van der Waals surface area contributed by atoms with E-state index in [-0.39, 0.29) is 12.1 Å². The van der Waals surface area contributed by atoms with Crippen LogP contribution in [0.15, 0.2) is 255 Å². The lowest BCUT2D eigenvalue weighted by Gasteiger charge is -2.46. The molecule has 0 spiro atoms. The van der Waals surface area contributed by atoms with Gasteiger partial charge in [0.05, 0.1) is 22.4 Å². The van der Waals surface area contributed by atoms with Gasteiger partial charge < -0.3 is 14.4 Å². The second-order valence-electron chi connectivity index (χ2n) is 23.4. The minimum atomic E-state index is -0.106. The van der Waals surface area contributed by atoms with Crippen molar-refractivity contribution in [3.05, 3.63) is 266 Å². The van der Waals surface area contributed by atoms with Crippen molar-refractivity contribution in [2.24, 2.45) is 0 Å². The third kappa shape index (κ3) is 7.87. The quantitative estimate of drug-likeness (QED) is 0.141. The number of hydrogen-bond acceptors (Lipinski definition) is 2. The molecule has 0 radical (unpaired) electrons. The molecule has 0 N–H and O–H groups in total. The van der Waals surface area contributed by atoms with Gasteiger partial charge >= 0.3 is 0 Å². The zero-order valence-electron chi connectivity index (χ0n) is 45.8. The fourth-order valence-electron chi connectivity index (χ4n) is 13.9. The summed E-state index contributed by atoms with van der Waals surface area (Å²) in [6.07, 6.45) is 6.10. The molecule has 12 aromatic rings. The van der Waals surface area contributed by atoms with Gasteiger partial charge in [-0.25, -0.2) is 0 Å². The predicted octanol–water partition coefficient (Wildman–Crippen LogP) is 18.9. The molecule has 0 bridgehead atoms. The lowest BCUT2D eigenvalue weighted by Crippen LogP contribution is -2.61. The Kier molecular flexibility index (Phi) is 11.6. The molecule has 3 heterocycles. The van der Waals surface area contributed by atoms with Crippen LogP contribution in [0.25, 0.3) is 72.0 Å². The highest BCUT2D eigenvalue weighted by molar-refractivity contribution is 7.00. The molecule has 0 atom stereocenters. The van der Waals surface area contributed by atoms with Gasteiger partial charge in [0.1, 0.15) is 0 Å². The van der Waals surface area contributed by atoms with Crippen LogP contribution in [0.3, 0.4) is 0 Å². The molecular weight excluding hydrogens is 966 g/mol. The Morgan fingerprint density at radius 2 is 0.787 bits per heavy atom. The van der Waals surface area contributed by atoms with Gasteiger partial charge in [0, 0.05) is 61.5 Å². The SMILES string of the molecule is CC(C)(C)c1ccc2c(c1)N(c1c(-c3ccccc3)cccc1-c1ccccc1)c1cc(C3CCCCC3)cc3c1B2c1ccc(-n2c4ccccc4c4ccccc42)cc1N3c1c(-c2ccccc2)cccc1-c1ccccc1. The third-order valence-electron chi connectivity index (χ3n) is 17.7. The molecule has 0 unspecified atom stereocenters. The first-order valence-corrected chi connectivity index (χ1v) is 28.9. The minimum absolute atomic E-state index is 0.0905. The topological polar surface area (TPSA) is 11.4 Å². The van der Waals surface area contributed by atoms with E-state index in [1.165, 1.54) is 160 Å². The van der Waals surface area contributed by atoms with E-state index in [0.29, 0.717) is 5.92 Å². The van der Waals surface area contributed by atoms with Gasteiger partial charge in [0.15, 0.2) is 0 Å². The summed E-state index contributed by atoms with van der Waals surface area (Å²) in [6.45, 7) is 7.00. The highest BCUT2D eigenvalue weighted by Gasteiger charge is 2.46. The first-order valence-electron chi connectivity index (χ1n) is 28.9. The number of hydrogen-bond donors (Lipinski definition) is 0. The minimum Gasteiger partial charge on any atom is -0.310 e. The number of rotatable bonds is 8. The second-order valence-corrected chi connectivity index (χ2v) is 23.4. The van der Waals surface area contributed by atoms with Crippen LogP contribution in [0.2, 0.25) is 0 Å². The highest BCUT2D eigenvalue weighted by atomic mass is 15.2. The van der Waals surface area contributed by atoms with Crippen LogP contribution in [-0.4, -0.2) is 11.3 Å². The Hall–Kier alpha value is -9.12. The molecule has 1 saturated carbocycles. The van der Waals surface area contributed by atoms with E-state index in [4.69, 9.17) is 0 Å². The molecule has 3 nitrogen and oxygen atoms in total. The molecule has 1 aliphatic carbocycles. The maximum atomic E-state index is 2.73. The second kappa shape index (κ2) is 19.4. The fraction of sp³-hybridized carbons (Fsp3) is 0.132. The number of para-hydroxylation sites is 4. The predicted molar refractivity (Wildman–Crippen MR) is 341 cm³/mol. The lowest BCUT2D eigenvalue weighted by molar-refractivity contribution is 0.444. The Labute approximate surface area is 471 Å². The Bertz CT molecular complexity index is 4150. The van der Waals surface area contributed by atoms with Crippen LogP contribution in [0.1, 0.15) is 69.9 Å². The summed E-state index contributed by atoms with van der Waals surface area (Å²) in [6, 6.07) is 96.4. The molecule has 384 valence electrons. The summed E-state index contributed by atoms with van der Waals surface area (Å²) in [7, 11) is 0. The third-order valence-corrected chi connectivity index (χ3v) is 17.7. The first-order chi connectivity index (χ1) is 39.4. The van der Waals surface area contributed by atoms with Crippen molar-refractivity contribution in [2.45, 2.75) is 64.2 Å². The number of aromatic nitrogens is 1. The lowest BCUT2D eigenvalue weighted by atomic mass is 9.33. The van der Waals surface area contributed by atoms with E-state index in [1.807, 2.05) is 0 Å². The van der Waals surface area contributed by atoms with Crippen molar-refractivity contribution in [3.8, 4) is 50.2 Å². The van der Waals surface area contributed by atoms with Gasteiger partial charge in [0.25, 0.3) is 6.71 Å². The maximum Gasteiger partial charge on any atom is 0.252 e. The van der Waals surface area contributed by atoms with Gasteiger partial charge in [-0.05, 0) is 116 Å².